The number of thioether (sulfide) groups is 1. The van der Waals surface area contributed by atoms with E-state index in [1.54, 1.807) is 4.68 Å². The van der Waals surface area contributed by atoms with Gasteiger partial charge in [0.1, 0.15) is 5.69 Å². The van der Waals surface area contributed by atoms with Crippen molar-refractivity contribution < 1.29 is 18.1 Å². The van der Waals surface area contributed by atoms with Crippen LogP contribution in [0.4, 0.5) is 11.4 Å². The number of rotatable bonds is 10. The molecule has 1 saturated carbocycles. The van der Waals surface area contributed by atoms with Gasteiger partial charge in [-0.25, -0.2) is 13.1 Å². The van der Waals surface area contributed by atoms with Gasteiger partial charge in [-0.15, -0.1) is 5.10 Å². The zero-order valence-electron chi connectivity index (χ0n) is 15.4. The molecule has 1 aliphatic rings. The van der Waals surface area contributed by atoms with Gasteiger partial charge >= 0.3 is 0 Å². The lowest BCUT2D eigenvalue weighted by molar-refractivity contribution is -0.384. The van der Waals surface area contributed by atoms with E-state index in [0.29, 0.717) is 11.2 Å². The van der Waals surface area contributed by atoms with Crippen molar-refractivity contribution in [2.45, 2.75) is 28.9 Å². The molecule has 14 heteroatoms. The van der Waals surface area contributed by atoms with Crippen molar-refractivity contribution >= 4 is 38.9 Å². The number of benzene rings is 1. The fourth-order valence-electron chi connectivity index (χ4n) is 2.45. The van der Waals surface area contributed by atoms with Crippen molar-refractivity contribution in [3.63, 3.8) is 0 Å². The average Bonchev–Trinajstić information content (AvgIpc) is 3.40. The first-order valence-electron chi connectivity index (χ1n) is 8.65. The van der Waals surface area contributed by atoms with Crippen LogP contribution in [0.15, 0.2) is 28.3 Å². The standard InChI is InChI=1S/C15H19N7O5S2/c1-29(26,27)11-4-5-12(13(8-11)22(24)25)16-6-7-17-14(23)9-28-15-18-19-20-21(15)10-2-3-10/h4-5,8,10,16H,2-3,6-7,9H2,1H3,(H,17,23). The smallest absolute Gasteiger partial charge is 0.293 e. The van der Waals surface area contributed by atoms with Crippen LogP contribution in [0.3, 0.4) is 0 Å². The van der Waals surface area contributed by atoms with Crippen LogP contribution in [-0.4, -0.2) is 64.6 Å². The van der Waals surface area contributed by atoms with Crippen LogP contribution < -0.4 is 10.6 Å². The van der Waals surface area contributed by atoms with E-state index in [1.807, 2.05) is 0 Å². The molecule has 0 saturated heterocycles. The first-order valence-corrected chi connectivity index (χ1v) is 11.5. The minimum Gasteiger partial charge on any atom is -0.378 e. The Morgan fingerprint density at radius 1 is 1.38 bits per heavy atom. The van der Waals surface area contributed by atoms with Crippen LogP contribution in [0.1, 0.15) is 18.9 Å². The summed E-state index contributed by atoms with van der Waals surface area (Å²) in [6, 6.07) is 3.97. The molecule has 1 aromatic carbocycles. The number of hydrogen-bond donors (Lipinski definition) is 2. The van der Waals surface area contributed by atoms with Crippen LogP contribution in [0.25, 0.3) is 0 Å². The van der Waals surface area contributed by atoms with Crippen LogP contribution in [0.5, 0.6) is 0 Å². The highest BCUT2D eigenvalue weighted by Gasteiger charge is 2.28. The maximum Gasteiger partial charge on any atom is 0.293 e. The maximum atomic E-state index is 12.0. The Hall–Kier alpha value is -2.74. The molecule has 2 aromatic rings. The van der Waals surface area contributed by atoms with Crippen LogP contribution in [0.2, 0.25) is 0 Å². The van der Waals surface area contributed by atoms with Gasteiger partial charge in [0, 0.05) is 25.4 Å². The van der Waals surface area contributed by atoms with Gasteiger partial charge in [0.25, 0.3) is 5.69 Å². The van der Waals surface area contributed by atoms with E-state index >= 15 is 0 Å². The van der Waals surface area contributed by atoms with E-state index in [4.69, 9.17) is 0 Å². The summed E-state index contributed by atoms with van der Waals surface area (Å²) in [5.41, 5.74) is -0.170. The highest BCUT2D eigenvalue weighted by atomic mass is 32.2. The number of hydrogen-bond acceptors (Lipinski definition) is 10. The molecule has 0 spiro atoms. The third-order valence-corrected chi connectivity index (χ3v) is 6.09. The number of anilines is 1. The minimum atomic E-state index is -3.55. The molecule has 156 valence electrons. The van der Waals surface area contributed by atoms with Crippen LogP contribution >= 0.6 is 11.8 Å². The van der Waals surface area contributed by atoms with Crippen LogP contribution in [0, 0.1) is 10.1 Å². The normalized spacial score (nSPS) is 13.8. The molecule has 0 atom stereocenters. The van der Waals surface area contributed by atoms with Crippen molar-refractivity contribution in [3.05, 3.63) is 28.3 Å². The largest absolute Gasteiger partial charge is 0.378 e. The van der Waals surface area contributed by atoms with Gasteiger partial charge in [-0.1, -0.05) is 11.8 Å². The lowest BCUT2D eigenvalue weighted by Gasteiger charge is -2.09. The number of nitro benzene ring substituents is 1. The van der Waals surface area contributed by atoms with Crippen molar-refractivity contribution in [1.82, 2.24) is 25.5 Å². The fraction of sp³-hybridized carbons (Fsp3) is 0.467. The second-order valence-electron chi connectivity index (χ2n) is 6.41. The predicted molar refractivity (Wildman–Crippen MR) is 105 cm³/mol. The van der Waals surface area contributed by atoms with Gasteiger partial charge in [-0.2, -0.15) is 0 Å². The molecule has 1 aliphatic carbocycles. The minimum absolute atomic E-state index is 0.131. The van der Waals surface area contributed by atoms with Gasteiger partial charge in [-0.3, -0.25) is 14.9 Å². The summed E-state index contributed by atoms with van der Waals surface area (Å²) in [6.45, 7) is 0.465. The summed E-state index contributed by atoms with van der Waals surface area (Å²) in [7, 11) is -3.55. The number of amides is 1. The SMILES string of the molecule is CS(=O)(=O)c1ccc(NCCNC(=O)CSc2nnnn2C2CC2)c([N+](=O)[O-])c1. The molecule has 0 unspecified atom stereocenters. The summed E-state index contributed by atoms with van der Waals surface area (Å²) < 4.78 is 24.8. The molecule has 0 radical (unpaired) electrons. The molecule has 29 heavy (non-hydrogen) atoms. The number of carbonyl (C=O) groups is 1. The molecular formula is C15H19N7O5S2. The van der Waals surface area contributed by atoms with E-state index in [9.17, 15) is 23.3 Å². The number of sulfone groups is 1. The Morgan fingerprint density at radius 2 is 2.14 bits per heavy atom. The highest BCUT2D eigenvalue weighted by Crippen LogP contribution is 2.36. The van der Waals surface area contributed by atoms with Gasteiger partial charge in [0.15, 0.2) is 9.84 Å². The quantitative estimate of drug-likeness (QED) is 0.231. The predicted octanol–water partition coefficient (Wildman–Crippen LogP) is 0.640. The summed E-state index contributed by atoms with van der Waals surface area (Å²) in [5, 5.41) is 28.8. The summed E-state index contributed by atoms with van der Waals surface area (Å²) >= 11 is 1.24. The first-order chi connectivity index (χ1) is 13.8. The van der Waals surface area contributed by atoms with Crippen molar-refractivity contribution in [3.8, 4) is 0 Å². The molecule has 12 nitrogen and oxygen atoms in total. The van der Waals surface area contributed by atoms with E-state index in [2.05, 4.69) is 26.2 Å². The van der Waals surface area contributed by atoms with Gasteiger partial charge in [0.05, 0.1) is 21.6 Å². The lowest BCUT2D eigenvalue weighted by atomic mass is 10.2. The number of nitro groups is 1. The molecule has 1 heterocycles. The molecule has 3 rings (SSSR count). The van der Waals surface area contributed by atoms with E-state index in [0.717, 1.165) is 25.2 Å². The Labute approximate surface area is 170 Å². The van der Waals surface area contributed by atoms with E-state index in [1.165, 1.54) is 23.9 Å². The second-order valence-corrected chi connectivity index (χ2v) is 9.37. The molecule has 1 amide bonds. The monoisotopic (exact) mass is 441 g/mol. The van der Waals surface area contributed by atoms with Crippen molar-refractivity contribution in [2.24, 2.45) is 0 Å². The summed E-state index contributed by atoms with van der Waals surface area (Å²) in [4.78, 5) is 22.4. The zero-order chi connectivity index (χ0) is 21.0. The summed E-state index contributed by atoms with van der Waals surface area (Å²) in [6.07, 6.45) is 3.05. The molecule has 0 aliphatic heterocycles. The topological polar surface area (TPSA) is 162 Å². The van der Waals surface area contributed by atoms with Gasteiger partial charge in [0.2, 0.25) is 11.1 Å². The van der Waals surface area contributed by atoms with Crippen molar-refractivity contribution in [2.75, 3.05) is 30.4 Å². The number of nitrogens with one attached hydrogen (secondary N) is 2. The van der Waals surface area contributed by atoms with Gasteiger partial charge < -0.3 is 10.6 Å². The molecular weight excluding hydrogens is 422 g/mol. The van der Waals surface area contributed by atoms with E-state index in [-0.39, 0.29) is 41.0 Å². The summed E-state index contributed by atoms with van der Waals surface area (Å²) in [5.74, 6) is -0.0693. The maximum absolute atomic E-state index is 12.0. The highest BCUT2D eigenvalue weighted by molar-refractivity contribution is 7.99. The van der Waals surface area contributed by atoms with Gasteiger partial charge in [-0.05, 0) is 35.4 Å². The zero-order valence-corrected chi connectivity index (χ0v) is 17.1. The third-order valence-electron chi connectivity index (χ3n) is 4.04. The third kappa shape index (κ3) is 5.63. The second kappa shape index (κ2) is 8.73. The molecule has 1 fully saturated rings. The Bertz CT molecular complexity index is 1020. The first kappa shape index (κ1) is 21.0. The van der Waals surface area contributed by atoms with Crippen LogP contribution in [-0.2, 0) is 14.6 Å². The molecule has 0 bridgehead atoms. The number of nitrogens with zero attached hydrogens (tertiary/aromatic N) is 5. The Kier molecular flexibility index (Phi) is 6.32. The number of tetrazole rings is 1. The lowest BCUT2D eigenvalue weighted by Crippen LogP contribution is -2.30. The number of aromatic nitrogens is 4. The molecule has 1 aromatic heterocycles. The Morgan fingerprint density at radius 3 is 2.79 bits per heavy atom. The fourth-order valence-corrected chi connectivity index (χ4v) is 3.87. The molecule has 2 N–H and O–H groups in total. The number of carbonyl (C=O) groups excluding carboxylic acids is 1. The Balaban J connectivity index is 1.46. The average molecular weight is 441 g/mol. The van der Waals surface area contributed by atoms with Crippen molar-refractivity contribution in [1.29, 1.82) is 0 Å². The van der Waals surface area contributed by atoms with E-state index < -0.39 is 14.8 Å².